The summed E-state index contributed by atoms with van der Waals surface area (Å²) in [6, 6.07) is 4.13. The summed E-state index contributed by atoms with van der Waals surface area (Å²) in [5.74, 6) is 0.802. The number of rotatable bonds is 5. The molecule has 0 radical (unpaired) electrons. The number of ether oxygens (including phenoxy) is 1. The van der Waals surface area contributed by atoms with Crippen LogP contribution in [0.25, 0.3) is 0 Å². The number of hydrogen-bond acceptors (Lipinski definition) is 4. The summed E-state index contributed by atoms with van der Waals surface area (Å²) in [4.78, 5) is 8.57. The van der Waals surface area contributed by atoms with Crippen molar-refractivity contribution in [2.24, 2.45) is 0 Å². The Bertz CT molecular complexity index is 509. The third-order valence-electron chi connectivity index (χ3n) is 2.80. The van der Waals surface area contributed by atoms with E-state index in [9.17, 15) is 0 Å². The van der Waals surface area contributed by atoms with Crippen LogP contribution in [0.5, 0.6) is 0 Å². The fraction of sp³-hybridized carbons (Fsp3) is 0.385. The Morgan fingerprint density at radius 2 is 2.22 bits per heavy atom. The van der Waals surface area contributed by atoms with Crippen molar-refractivity contribution in [3.8, 4) is 0 Å². The molecule has 1 atom stereocenters. The summed E-state index contributed by atoms with van der Waals surface area (Å²) in [6.45, 7) is 4.71. The number of aryl methyl sites for hydroxylation is 1. The van der Waals surface area contributed by atoms with Gasteiger partial charge in [0.25, 0.3) is 0 Å². The lowest BCUT2D eigenvalue weighted by molar-refractivity contribution is 0.163. The van der Waals surface area contributed by atoms with Crippen LogP contribution in [0.4, 0.5) is 11.6 Å². The van der Waals surface area contributed by atoms with E-state index < -0.39 is 0 Å². The zero-order valence-corrected chi connectivity index (χ0v) is 10.9. The van der Waals surface area contributed by atoms with Crippen molar-refractivity contribution in [2.45, 2.75) is 19.9 Å². The van der Waals surface area contributed by atoms with Crippen LogP contribution in [0.3, 0.4) is 0 Å². The van der Waals surface area contributed by atoms with Crippen LogP contribution in [0.2, 0.25) is 0 Å². The third kappa shape index (κ3) is 2.68. The lowest BCUT2D eigenvalue weighted by atomic mass is 10.3. The molecule has 5 nitrogen and oxygen atoms in total. The van der Waals surface area contributed by atoms with E-state index in [1.807, 2.05) is 25.3 Å². The molecule has 0 aliphatic carbocycles. The normalized spacial score (nSPS) is 12.4. The first-order valence-electron chi connectivity index (χ1n) is 5.92. The average Bonchev–Trinajstić information content (AvgIpc) is 2.81. The summed E-state index contributed by atoms with van der Waals surface area (Å²) >= 11 is 0. The summed E-state index contributed by atoms with van der Waals surface area (Å²) in [6.07, 6.45) is 5.50. The first-order chi connectivity index (χ1) is 8.72. The van der Waals surface area contributed by atoms with E-state index in [1.54, 1.807) is 19.5 Å². The number of anilines is 2. The lowest BCUT2D eigenvalue weighted by Crippen LogP contribution is -2.13. The highest BCUT2D eigenvalue weighted by atomic mass is 16.5. The van der Waals surface area contributed by atoms with Gasteiger partial charge in [-0.15, -0.1) is 0 Å². The summed E-state index contributed by atoms with van der Waals surface area (Å²) in [5.41, 5.74) is 1.92. The van der Waals surface area contributed by atoms with Gasteiger partial charge in [0.05, 0.1) is 24.0 Å². The van der Waals surface area contributed by atoms with Gasteiger partial charge >= 0.3 is 0 Å². The van der Waals surface area contributed by atoms with Gasteiger partial charge in [-0.3, -0.25) is 4.98 Å². The number of pyridine rings is 1. The van der Waals surface area contributed by atoms with E-state index in [2.05, 4.69) is 26.8 Å². The van der Waals surface area contributed by atoms with E-state index in [-0.39, 0.29) is 6.04 Å². The van der Waals surface area contributed by atoms with Crippen LogP contribution in [-0.4, -0.2) is 28.3 Å². The van der Waals surface area contributed by atoms with Crippen molar-refractivity contribution in [2.75, 3.05) is 19.0 Å². The maximum atomic E-state index is 5.17. The second-order valence-electron chi connectivity index (χ2n) is 4.22. The molecule has 0 saturated heterocycles. The Hall–Kier alpha value is -1.88. The molecule has 2 heterocycles. The van der Waals surface area contributed by atoms with Crippen LogP contribution in [-0.2, 0) is 4.74 Å². The largest absolute Gasteiger partial charge is 0.383 e. The molecule has 2 aromatic rings. The number of nitrogens with one attached hydrogen (secondary N) is 1. The molecule has 0 aliphatic heterocycles. The zero-order valence-electron chi connectivity index (χ0n) is 10.9. The first kappa shape index (κ1) is 12.6. The predicted octanol–water partition coefficient (Wildman–Crippen LogP) is 2.54. The topological polar surface area (TPSA) is 52.0 Å². The van der Waals surface area contributed by atoms with Gasteiger partial charge in [0, 0.05) is 25.7 Å². The van der Waals surface area contributed by atoms with E-state index in [4.69, 9.17) is 4.74 Å². The fourth-order valence-corrected chi connectivity index (χ4v) is 1.82. The SMILES string of the molecule is COCC(C)n1ccnc1Nc1cccnc1C. The van der Waals surface area contributed by atoms with Crippen molar-refractivity contribution in [3.05, 3.63) is 36.4 Å². The van der Waals surface area contributed by atoms with E-state index in [0.29, 0.717) is 6.61 Å². The minimum absolute atomic E-state index is 0.233. The monoisotopic (exact) mass is 246 g/mol. The standard InChI is InChI=1S/C13H18N4O/c1-10(9-18-3)17-8-7-15-13(17)16-12-5-4-6-14-11(12)2/h4-8,10H,9H2,1-3H3,(H,15,16). The Balaban J connectivity index is 2.20. The highest BCUT2D eigenvalue weighted by Gasteiger charge is 2.10. The van der Waals surface area contributed by atoms with Crippen LogP contribution < -0.4 is 5.32 Å². The van der Waals surface area contributed by atoms with Gasteiger partial charge in [0.2, 0.25) is 5.95 Å². The van der Waals surface area contributed by atoms with Crippen molar-refractivity contribution in [1.82, 2.24) is 14.5 Å². The predicted molar refractivity (Wildman–Crippen MR) is 71.1 cm³/mol. The molecule has 0 aromatic carbocycles. The Kier molecular flexibility index (Phi) is 3.94. The summed E-state index contributed by atoms with van der Waals surface area (Å²) < 4.78 is 7.22. The van der Waals surface area contributed by atoms with Crippen LogP contribution in [0.15, 0.2) is 30.7 Å². The molecule has 18 heavy (non-hydrogen) atoms. The van der Waals surface area contributed by atoms with Crippen molar-refractivity contribution < 1.29 is 4.74 Å². The third-order valence-corrected chi connectivity index (χ3v) is 2.80. The molecular formula is C13H18N4O. The van der Waals surface area contributed by atoms with Gasteiger partial charge in [-0.05, 0) is 26.0 Å². The average molecular weight is 246 g/mol. The summed E-state index contributed by atoms with van der Waals surface area (Å²) in [7, 11) is 1.70. The summed E-state index contributed by atoms with van der Waals surface area (Å²) in [5, 5.41) is 3.29. The molecule has 0 bridgehead atoms. The van der Waals surface area contributed by atoms with Crippen molar-refractivity contribution in [1.29, 1.82) is 0 Å². The second-order valence-corrected chi connectivity index (χ2v) is 4.22. The van der Waals surface area contributed by atoms with Gasteiger partial charge < -0.3 is 14.6 Å². The minimum Gasteiger partial charge on any atom is -0.383 e. The smallest absolute Gasteiger partial charge is 0.207 e. The molecule has 1 N–H and O–H groups in total. The Morgan fingerprint density at radius 3 is 2.94 bits per heavy atom. The number of aromatic nitrogens is 3. The van der Waals surface area contributed by atoms with Gasteiger partial charge in [-0.1, -0.05) is 0 Å². The van der Waals surface area contributed by atoms with Crippen LogP contribution in [0, 0.1) is 6.92 Å². The number of hydrogen-bond donors (Lipinski definition) is 1. The first-order valence-corrected chi connectivity index (χ1v) is 5.92. The van der Waals surface area contributed by atoms with Crippen molar-refractivity contribution >= 4 is 11.6 Å². The number of imidazole rings is 1. The van der Waals surface area contributed by atoms with Gasteiger partial charge in [0.1, 0.15) is 0 Å². The van der Waals surface area contributed by atoms with Gasteiger partial charge in [-0.2, -0.15) is 0 Å². The molecule has 1 unspecified atom stereocenters. The maximum Gasteiger partial charge on any atom is 0.207 e. The molecular weight excluding hydrogens is 228 g/mol. The van der Waals surface area contributed by atoms with E-state index in [0.717, 1.165) is 17.3 Å². The molecule has 96 valence electrons. The Morgan fingerprint density at radius 1 is 1.39 bits per heavy atom. The number of methoxy groups -OCH3 is 1. The molecule has 2 aromatic heterocycles. The van der Waals surface area contributed by atoms with Crippen LogP contribution in [0.1, 0.15) is 18.7 Å². The number of nitrogens with zero attached hydrogens (tertiary/aromatic N) is 3. The van der Waals surface area contributed by atoms with Crippen molar-refractivity contribution in [3.63, 3.8) is 0 Å². The quantitative estimate of drug-likeness (QED) is 0.880. The zero-order chi connectivity index (χ0) is 13.0. The van der Waals surface area contributed by atoms with E-state index >= 15 is 0 Å². The molecule has 0 amide bonds. The molecule has 0 aliphatic rings. The fourth-order valence-electron chi connectivity index (χ4n) is 1.82. The Labute approximate surface area is 107 Å². The molecule has 0 fully saturated rings. The van der Waals surface area contributed by atoms with Crippen LogP contribution >= 0.6 is 0 Å². The molecule has 0 spiro atoms. The highest BCUT2D eigenvalue weighted by Crippen LogP contribution is 2.20. The second kappa shape index (κ2) is 5.64. The van der Waals surface area contributed by atoms with Gasteiger partial charge in [0.15, 0.2) is 0 Å². The molecule has 0 saturated carbocycles. The molecule has 2 rings (SSSR count). The van der Waals surface area contributed by atoms with E-state index in [1.165, 1.54) is 0 Å². The highest BCUT2D eigenvalue weighted by molar-refractivity contribution is 5.56. The lowest BCUT2D eigenvalue weighted by Gasteiger charge is -2.16. The minimum atomic E-state index is 0.233. The maximum absolute atomic E-state index is 5.17. The molecule has 5 heteroatoms. The van der Waals surface area contributed by atoms with Gasteiger partial charge in [-0.25, -0.2) is 4.98 Å².